The van der Waals surface area contributed by atoms with Gasteiger partial charge in [0.05, 0.1) is 0 Å². The monoisotopic (exact) mass is 965 g/mol. The van der Waals surface area contributed by atoms with E-state index in [1.807, 2.05) is 0 Å². The Bertz CT molecular complexity index is 1250. The summed E-state index contributed by atoms with van der Waals surface area (Å²) in [7, 11) is 0. The van der Waals surface area contributed by atoms with Crippen LogP contribution in [0.4, 0.5) is 0 Å². The Labute approximate surface area is 428 Å². The molecule has 0 aliphatic carbocycles. The van der Waals surface area contributed by atoms with Crippen molar-refractivity contribution in [1.29, 1.82) is 0 Å². The molecule has 0 bridgehead atoms. The van der Waals surface area contributed by atoms with Crippen LogP contribution in [0.5, 0.6) is 0 Å². The maximum Gasteiger partial charge on any atom is 0.306 e. The number of carbonyl (C=O) groups excluding carboxylic acids is 3. The predicted octanol–water partition coefficient (Wildman–Crippen LogP) is 20.0. The summed E-state index contributed by atoms with van der Waals surface area (Å²) in [6, 6.07) is 0. The Kier molecular flexibility index (Phi) is 55.3. The molecule has 0 aromatic carbocycles. The van der Waals surface area contributed by atoms with E-state index in [-0.39, 0.29) is 31.1 Å². The van der Waals surface area contributed by atoms with Gasteiger partial charge in [-0.1, -0.05) is 236 Å². The molecule has 0 radical (unpaired) electrons. The first-order valence-corrected chi connectivity index (χ1v) is 29.8. The zero-order valence-electron chi connectivity index (χ0n) is 45.8. The van der Waals surface area contributed by atoms with Gasteiger partial charge in [0.2, 0.25) is 0 Å². The SMILES string of the molecule is CCCCC/C=C\C/C=C\C/C=C\CCCCCCC(=O)OC[C@H](COC(=O)CCCCCCCCCCCCC/C=C\CCCCCCCC)OC(=O)CCCCCCC/C=C\CCCCCC. The molecule has 69 heavy (non-hydrogen) atoms. The van der Waals surface area contributed by atoms with Crippen LogP contribution in [0.1, 0.15) is 303 Å². The Morgan fingerprint density at radius 3 is 0.870 bits per heavy atom. The van der Waals surface area contributed by atoms with Gasteiger partial charge in [-0.2, -0.15) is 0 Å². The Hall–Kier alpha value is -2.89. The second-order valence-electron chi connectivity index (χ2n) is 19.9. The Morgan fingerprint density at radius 1 is 0.290 bits per heavy atom. The summed E-state index contributed by atoms with van der Waals surface area (Å²) < 4.78 is 16.9. The van der Waals surface area contributed by atoms with Crippen LogP contribution in [0.2, 0.25) is 0 Å². The Morgan fingerprint density at radius 2 is 0.522 bits per heavy atom. The number of unbranched alkanes of at least 4 members (excludes halogenated alkanes) is 33. The van der Waals surface area contributed by atoms with Crippen LogP contribution >= 0.6 is 0 Å². The molecule has 0 amide bonds. The third kappa shape index (κ3) is 55.9. The lowest BCUT2D eigenvalue weighted by atomic mass is 10.0. The number of ether oxygens (including phenoxy) is 3. The number of carbonyl (C=O) groups is 3. The minimum atomic E-state index is -0.788. The van der Waals surface area contributed by atoms with Gasteiger partial charge in [0.15, 0.2) is 6.10 Å². The molecule has 1 atom stereocenters. The summed E-state index contributed by atoms with van der Waals surface area (Å²) >= 11 is 0. The van der Waals surface area contributed by atoms with Crippen LogP contribution in [0.3, 0.4) is 0 Å². The first-order chi connectivity index (χ1) is 34.0. The second kappa shape index (κ2) is 57.7. The highest BCUT2D eigenvalue weighted by atomic mass is 16.6. The molecule has 0 aromatic rings. The highest BCUT2D eigenvalue weighted by Crippen LogP contribution is 2.15. The van der Waals surface area contributed by atoms with E-state index in [2.05, 4.69) is 81.5 Å². The highest BCUT2D eigenvalue weighted by molar-refractivity contribution is 5.71. The van der Waals surface area contributed by atoms with Crippen LogP contribution in [0, 0.1) is 0 Å². The molecule has 0 saturated carbocycles. The minimum absolute atomic E-state index is 0.0839. The zero-order chi connectivity index (χ0) is 50.0. The summed E-state index contributed by atoms with van der Waals surface area (Å²) in [6.07, 6.45) is 72.1. The summed E-state index contributed by atoms with van der Waals surface area (Å²) in [4.78, 5) is 38.2. The van der Waals surface area contributed by atoms with Gasteiger partial charge < -0.3 is 14.2 Å². The third-order valence-electron chi connectivity index (χ3n) is 13.0. The van der Waals surface area contributed by atoms with E-state index in [9.17, 15) is 14.4 Å². The number of allylic oxidation sites excluding steroid dienone is 10. The van der Waals surface area contributed by atoms with Crippen LogP contribution in [-0.2, 0) is 28.6 Å². The van der Waals surface area contributed by atoms with Crippen molar-refractivity contribution in [2.45, 2.75) is 309 Å². The first-order valence-electron chi connectivity index (χ1n) is 29.8. The lowest BCUT2D eigenvalue weighted by Crippen LogP contribution is -2.30. The summed E-state index contributed by atoms with van der Waals surface area (Å²) in [6.45, 7) is 6.59. The molecule has 6 heteroatoms. The third-order valence-corrected chi connectivity index (χ3v) is 13.0. The molecular weight excluding hydrogens is 853 g/mol. The van der Waals surface area contributed by atoms with E-state index < -0.39 is 6.10 Å². The fourth-order valence-corrected chi connectivity index (χ4v) is 8.44. The smallest absolute Gasteiger partial charge is 0.306 e. The molecule has 0 rings (SSSR count). The van der Waals surface area contributed by atoms with Gasteiger partial charge in [-0.25, -0.2) is 0 Å². The van der Waals surface area contributed by atoms with Gasteiger partial charge in [-0.3, -0.25) is 14.4 Å². The van der Waals surface area contributed by atoms with Crippen molar-refractivity contribution < 1.29 is 28.6 Å². The average Bonchev–Trinajstić information content (AvgIpc) is 3.35. The van der Waals surface area contributed by atoms with Crippen molar-refractivity contribution in [2.24, 2.45) is 0 Å². The molecule has 0 aromatic heterocycles. The van der Waals surface area contributed by atoms with Crippen molar-refractivity contribution in [3.63, 3.8) is 0 Å². The maximum absolute atomic E-state index is 12.8. The van der Waals surface area contributed by atoms with Gasteiger partial charge in [0.25, 0.3) is 0 Å². The van der Waals surface area contributed by atoms with Crippen molar-refractivity contribution in [1.82, 2.24) is 0 Å². The molecule has 0 N–H and O–H groups in total. The maximum atomic E-state index is 12.8. The van der Waals surface area contributed by atoms with Crippen LogP contribution in [0.15, 0.2) is 60.8 Å². The number of hydrogen-bond acceptors (Lipinski definition) is 6. The van der Waals surface area contributed by atoms with Gasteiger partial charge in [0, 0.05) is 19.3 Å². The molecule has 0 unspecified atom stereocenters. The van der Waals surface area contributed by atoms with Gasteiger partial charge in [-0.05, 0) is 109 Å². The van der Waals surface area contributed by atoms with Gasteiger partial charge in [-0.15, -0.1) is 0 Å². The van der Waals surface area contributed by atoms with E-state index in [0.29, 0.717) is 19.3 Å². The number of esters is 3. The summed E-state index contributed by atoms with van der Waals surface area (Å²) in [5, 5.41) is 0. The zero-order valence-corrected chi connectivity index (χ0v) is 45.8. The normalized spacial score (nSPS) is 12.4. The van der Waals surface area contributed by atoms with Crippen LogP contribution in [0.25, 0.3) is 0 Å². The van der Waals surface area contributed by atoms with E-state index in [1.54, 1.807) is 0 Å². The average molecular weight is 966 g/mol. The van der Waals surface area contributed by atoms with Crippen LogP contribution in [-0.4, -0.2) is 37.2 Å². The Balaban J connectivity index is 4.35. The van der Waals surface area contributed by atoms with Gasteiger partial charge in [0.1, 0.15) is 13.2 Å². The summed E-state index contributed by atoms with van der Waals surface area (Å²) in [5.74, 6) is -0.905. The van der Waals surface area contributed by atoms with E-state index >= 15 is 0 Å². The fourth-order valence-electron chi connectivity index (χ4n) is 8.44. The molecule has 0 heterocycles. The lowest BCUT2D eigenvalue weighted by molar-refractivity contribution is -0.167. The number of hydrogen-bond donors (Lipinski definition) is 0. The van der Waals surface area contributed by atoms with E-state index in [4.69, 9.17) is 14.2 Å². The van der Waals surface area contributed by atoms with Crippen molar-refractivity contribution in [3.8, 4) is 0 Å². The molecular formula is C63H112O6. The topological polar surface area (TPSA) is 78.9 Å². The van der Waals surface area contributed by atoms with Crippen molar-refractivity contribution >= 4 is 17.9 Å². The summed E-state index contributed by atoms with van der Waals surface area (Å²) in [5.41, 5.74) is 0. The molecule has 0 saturated heterocycles. The molecule has 0 fully saturated rings. The molecule has 6 nitrogen and oxygen atoms in total. The predicted molar refractivity (Wildman–Crippen MR) is 298 cm³/mol. The fraction of sp³-hybridized carbons (Fsp3) is 0.794. The van der Waals surface area contributed by atoms with Crippen molar-refractivity contribution in [2.75, 3.05) is 13.2 Å². The second-order valence-corrected chi connectivity index (χ2v) is 19.9. The van der Waals surface area contributed by atoms with E-state index in [0.717, 1.165) is 96.3 Å². The molecule has 0 spiro atoms. The van der Waals surface area contributed by atoms with Crippen molar-refractivity contribution in [3.05, 3.63) is 60.8 Å². The van der Waals surface area contributed by atoms with E-state index in [1.165, 1.54) is 167 Å². The highest BCUT2D eigenvalue weighted by Gasteiger charge is 2.19. The largest absolute Gasteiger partial charge is 0.462 e. The van der Waals surface area contributed by atoms with Gasteiger partial charge >= 0.3 is 17.9 Å². The number of rotatable bonds is 54. The quantitative estimate of drug-likeness (QED) is 0.0262. The molecule has 0 aliphatic rings. The lowest BCUT2D eigenvalue weighted by Gasteiger charge is -2.18. The minimum Gasteiger partial charge on any atom is -0.462 e. The molecule has 0 aliphatic heterocycles. The molecule has 400 valence electrons. The van der Waals surface area contributed by atoms with Crippen LogP contribution < -0.4 is 0 Å². The first kappa shape index (κ1) is 66.1. The standard InChI is InChI=1S/C63H112O6/c1-4-7-10-13-16-19-22-25-27-29-30-31-32-34-36-39-41-44-47-50-53-56-62(65)68-59-60(69-63(66)57-54-51-48-45-42-37-24-21-18-15-12-9-6-3)58-67-61(64)55-52-49-46-43-40-38-35-33-28-26-23-20-17-14-11-8-5-2/h17,20-21,24-28,35,38,60H,4-16,18-19,22-23,29-34,36-37,39-59H2,1-3H3/b20-17-,24-21-,27-25-,28-26-,38-35-/t60-/m1/s1.